The predicted octanol–water partition coefficient (Wildman–Crippen LogP) is 3.93. The second-order valence-electron chi connectivity index (χ2n) is 7.93. The van der Waals surface area contributed by atoms with Crippen LogP contribution >= 0.6 is 0 Å². The molecule has 5 nitrogen and oxygen atoms in total. The number of esters is 1. The first-order chi connectivity index (χ1) is 13.0. The molecule has 156 valence electrons. The summed E-state index contributed by atoms with van der Waals surface area (Å²) >= 11 is 0. The number of carbonyl (C=O) groups excluding carboxylic acids is 1. The van der Waals surface area contributed by atoms with Crippen LogP contribution in [0.4, 0.5) is 4.39 Å². The van der Waals surface area contributed by atoms with Gasteiger partial charge in [0.25, 0.3) is 0 Å². The zero-order chi connectivity index (χ0) is 19.6. The van der Waals surface area contributed by atoms with Gasteiger partial charge in [0.2, 0.25) is 5.83 Å². The van der Waals surface area contributed by atoms with Gasteiger partial charge in [0.1, 0.15) is 12.7 Å². The molecular formula is C21H35FO5. The molecule has 2 aliphatic rings. The molecule has 1 atom stereocenters. The number of aliphatic hydroxyl groups excluding tert-OH is 1. The predicted molar refractivity (Wildman–Crippen MR) is 101 cm³/mol. The van der Waals surface area contributed by atoms with E-state index < -0.39 is 17.9 Å². The van der Waals surface area contributed by atoms with Gasteiger partial charge in [-0.15, -0.1) is 0 Å². The van der Waals surface area contributed by atoms with Crippen molar-refractivity contribution in [2.45, 2.75) is 83.0 Å². The lowest BCUT2D eigenvalue weighted by Crippen LogP contribution is -2.32. The molecule has 0 aliphatic heterocycles. The molecule has 0 radical (unpaired) electrons. The van der Waals surface area contributed by atoms with E-state index in [9.17, 15) is 14.3 Å². The van der Waals surface area contributed by atoms with E-state index >= 15 is 0 Å². The quantitative estimate of drug-likeness (QED) is 0.455. The van der Waals surface area contributed by atoms with Crippen molar-refractivity contribution in [3.05, 3.63) is 12.4 Å². The van der Waals surface area contributed by atoms with Crippen LogP contribution < -0.4 is 0 Å². The summed E-state index contributed by atoms with van der Waals surface area (Å²) < 4.78 is 28.7. The van der Waals surface area contributed by atoms with E-state index in [2.05, 4.69) is 18.2 Å². The van der Waals surface area contributed by atoms with Crippen molar-refractivity contribution in [1.82, 2.24) is 0 Å². The molecule has 0 amide bonds. The van der Waals surface area contributed by atoms with Crippen molar-refractivity contribution in [3.8, 4) is 0 Å². The highest BCUT2D eigenvalue weighted by Crippen LogP contribution is 2.39. The first-order valence-electron chi connectivity index (χ1n) is 10.4. The Morgan fingerprint density at radius 1 is 1.00 bits per heavy atom. The van der Waals surface area contributed by atoms with Crippen LogP contribution in [0.15, 0.2) is 12.4 Å². The summed E-state index contributed by atoms with van der Waals surface area (Å²) in [6.45, 7) is 5.71. The van der Waals surface area contributed by atoms with Gasteiger partial charge in [-0.05, 0) is 69.6 Å². The smallest absolute Gasteiger partial charge is 0.366 e. The van der Waals surface area contributed by atoms with Crippen LogP contribution in [0.3, 0.4) is 0 Å². The third-order valence-electron chi connectivity index (χ3n) is 5.81. The van der Waals surface area contributed by atoms with Gasteiger partial charge in [0.15, 0.2) is 0 Å². The molecule has 0 bridgehead atoms. The lowest BCUT2D eigenvalue weighted by molar-refractivity contribution is -0.145. The van der Waals surface area contributed by atoms with E-state index in [1.54, 1.807) is 0 Å². The Hall–Kier alpha value is -0.980. The van der Waals surface area contributed by atoms with E-state index in [0.717, 1.165) is 37.7 Å². The van der Waals surface area contributed by atoms with Crippen LogP contribution in [0.2, 0.25) is 0 Å². The van der Waals surface area contributed by atoms with Gasteiger partial charge in [-0.2, -0.15) is 4.39 Å². The summed E-state index contributed by atoms with van der Waals surface area (Å²) in [7, 11) is 0. The Balaban J connectivity index is 1.57. The first-order valence-corrected chi connectivity index (χ1v) is 10.4. The number of hydrogen-bond acceptors (Lipinski definition) is 5. The molecule has 2 rings (SSSR count). The van der Waals surface area contributed by atoms with Gasteiger partial charge in [-0.1, -0.05) is 13.5 Å². The number of rotatable bonds is 10. The Kier molecular flexibility index (Phi) is 9.73. The SMILES string of the molecule is C=C(F)C(=O)OCC(O)COC1CCC(C2CCC(OCCC)CC2)CC1. The lowest BCUT2D eigenvalue weighted by atomic mass is 9.72. The number of halogens is 1. The molecule has 0 heterocycles. The fourth-order valence-electron chi connectivity index (χ4n) is 4.28. The maximum atomic E-state index is 12.5. The molecular weight excluding hydrogens is 351 g/mol. The van der Waals surface area contributed by atoms with Crippen LogP contribution in [-0.2, 0) is 19.0 Å². The molecule has 0 spiro atoms. The van der Waals surface area contributed by atoms with Gasteiger partial charge in [-0.3, -0.25) is 0 Å². The monoisotopic (exact) mass is 386 g/mol. The number of hydrogen-bond donors (Lipinski definition) is 1. The molecule has 1 unspecified atom stereocenters. The Morgan fingerprint density at radius 3 is 2.00 bits per heavy atom. The van der Waals surface area contributed by atoms with E-state index in [1.807, 2.05) is 0 Å². The Bertz CT molecular complexity index is 453. The van der Waals surface area contributed by atoms with E-state index in [-0.39, 0.29) is 19.3 Å². The van der Waals surface area contributed by atoms with Crippen LogP contribution in [0.5, 0.6) is 0 Å². The minimum absolute atomic E-state index is 0.0985. The average Bonchev–Trinajstić information content (AvgIpc) is 2.69. The van der Waals surface area contributed by atoms with Gasteiger partial charge in [0, 0.05) is 6.61 Å². The molecule has 1 N–H and O–H groups in total. The zero-order valence-electron chi connectivity index (χ0n) is 16.5. The standard InChI is InChI=1S/C21H35FO5/c1-3-12-25-19-8-4-16(5-9-19)17-6-10-20(11-7-17)26-13-18(23)14-27-21(24)15(2)22/h16-20,23H,2-14H2,1H3. The largest absolute Gasteiger partial charge is 0.458 e. The summed E-state index contributed by atoms with van der Waals surface area (Å²) in [6.07, 6.45) is 10.0. The van der Waals surface area contributed by atoms with E-state index in [4.69, 9.17) is 9.47 Å². The van der Waals surface area contributed by atoms with Crippen LogP contribution in [0, 0.1) is 11.8 Å². The zero-order valence-corrected chi connectivity index (χ0v) is 16.5. The second kappa shape index (κ2) is 11.8. The fraction of sp³-hybridized carbons (Fsp3) is 0.857. The maximum Gasteiger partial charge on any atom is 0.366 e. The van der Waals surface area contributed by atoms with Crippen molar-refractivity contribution in [2.24, 2.45) is 11.8 Å². The molecule has 6 heteroatoms. The third-order valence-corrected chi connectivity index (χ3v) is 5.81. The molecule has 2 aliphatic carbocycles. The van der Waals surface area contributed by atoms with Gasteiger partial charge < -0.3 is 19.3 Å². The van der Waals surface area contributed by atoms with Gasteiger partial charge in [0.05, 0.1) is 18.8 Å². The number of aliphatic hydroxyl groups is 1. The summed E-state index contributed by atoms with van der Waals surface area (Å²) in [5.74, 6) is -0.707. The molecule has 27 heavy (non-hydrogen) atoms. The van der Waals surface area contributed by atoms with Crippen molar-refractivity contribution in [3.63, 3.8) is 0 Å². The highest BCUT2D eigenvalue weighted by molar-refractivity contribution is 5.85. The van der Waals surface area contributed by atoms with E-state index in [1.165, 1.54) is 38.5 Å². The van der Waals surface area contributed by atoms with Crippen LogP contribution in [0.1, 0.15) is 64.7 Å². The van der Waals surface area contributed by atoms with Crippen LogP contribution in [-0.4, -0.2) is 49.2 Å². The van der Waals surface area contributed by atoms with Crippen molar-refractivity contribution < 1.29 is 28.5 Å². The minimum Gasteiger partial charge on any atom is -0.458 e. The Labute approximate surface area is 162 Å². The second-order valence-corrected chi connectivity index (χ2v) is 7.93. The van der Waals surface area contributed by atoms with Gasteiger partial charge in [-0.25, -0.2) is 4.79 Å². The highest BCUT2D eigenvalue weighted by Gasteiger charge is 2.31. The number of ether oxygens (including phenoxy) is 3. The topological polar surface area (TPSA) is 65.0 Å². The van der Waals surface area contributed by atoms with Crippen molar-refractivity contribution in [2.75, 3.05) is 19.8 Å². The summed E-state index contributed by atoms with van der Waals surface area (Å²) in [4.78, 5) is 11.0. The van der Waals surface area contributed by atoms with Crippen molar-refractivity contribution in [1.29, 1.82) is 0 Å². The minimum atomic E-state index is -1.16. The first kappa shape index (κ1) is 22.3. The highest BCUT2D eigenvalue weighted by atomic mass is 19.1. The van der Waals surface area contributed by atoms with E-state index in [0.29, 0.717) is 6.10 Å². The summed E-state index contributed by atoms with van der Waals surface area (Å²) in [6, 6.07) is 0. The molecule has 0 aromatic rings. The normalized spacial score (nSPS) is 29.9. The number of carbonyl (C=O) groups is 1. The molecule has 2 fully saturated rings. The summed E-state index contributed by atoms with van der Waals surface area (Å²) in [5, 5.41) is 9.79. The third kappa shape index (κ3) is 7.88. The average molecular weight is 387 g/mol. The van der Waals surface area contributed by atoms with Gasteiger partial charge >= 0.3 is 5.97 Å². The Morgan fingerprint density at radius 2 is 1.52 bits per heavy atom. The lowest BCUT2D eigenvalue weighted by Gasteiger charge is -2.37. The molecule has 0 saturated heterocycles. The molecule has 2 saturated carbocycles. The molecule has 0 aromatic heterocycles. The summed E-state index contributed by atoms with van der Waals surface area (Å²) in [5.41, 5.74) is 0. The molecule has 0 aromatic carbocycles. The van der Waals surface area contributed by atoms with Crippen molar-refractivity contribution >= 4 is 5.97 Å². The fourth-order valence-corrected chi connectivity index (χ4v) is 4.28. The maximum absolute atomic E-state index is 12.5. The van der Waals surface area contributed by atoms with Crippen LogP contribution in [0.25, 0.3) is 0 Å².